The van der Waals surface area contributed by atoms with Crippen LogP contribution >= 0.6 is 0 Å². The van der Waals surface area contributed by atoms with Crippen molar-refractivity contribution in [1.29, 1.82) is 0 Å². The number of para-hydroxylation sites is 1. The zero-order valence-electron chi connectivity index (χ0n) is 16.4. The van der Waals surface area contributed by atoms with Crippen LogP contribution in [0, 0.1) is 0 Å². The van der Waals surface area contributed by atoms with Crippen molar-refractivity contribution >= 4 is 23.4 Å². The van der Waals surface area contributed by atoms with E-state index < -0.39 is 11.9 Å². The second kappa shape index (κ2) is 9.88. The summed E-state index contributed by atoms with van der Waals surface area (Å²) in [6.07, 6.45) is 2.92. The van der Waals surface area contributed by atoms with Gasteiger partial charge in [-0.25, -0.2) is 0 Å². The molecule has 2 heterocycles. The molecule has 1 aliphatic heterocycles. The van der Waals surface area contributed by atoms with Crippen LogP contribution in [0.3, 0.4) is 0 Å². The summed E-state index contributed by atoms with van der Waals surface area (Å²) in [5.41, 5.74) is 0.783. The molecule has 3 N–H and O–H groups in total. The standard InChI is InChI=1S/C21H26N4O4/c1-15(22-21(28)18-8-5-13-29-18)20(27)24-17-9-11-25(12-10-17)14-19(26)23-16-6-3-2-4-7-16/h2-8,13,15,17H,9-12,14H2,1H3,(H,22,28)(H,23,26)(H,24,27). The Balaban J connectivity index is 1.37. The summed E-state index contributed by atoms with van der Waals surface area (Å²) >= 11 is 0. The van der Waals surface area contributed by atoms with Crippen LogP contribution in [0.15, 0.2) is 53.1 Å². The van der Waals surface area contributed by atoms with Gasteiger partial charge in [0.1, 0.15) is 6.04 Å². The van der Waals surface area contributed by atoms with Crippen molar-refractivity contribution in [2.75, 3.05) is 25.0 Å². The van der Waals surface area contributed by atoms with Gasteiger partial charge in [0.2, 0.25) is 11.8 Å². The fourth-order valence-electron chi connectivity index (χ4n) is 3.23. The maximum Gasteiger partial charge on any atom is 0.287 e. The number of nitrogens with one attached hydrogen (secondary N) is 3. The average Bonchev–Trinajstić information content (AvgIpc) is 3.25. The number of furan rings is 1. The normalized spacial score (nSPS) is 16.0. The van der Waals surface area contributed by atoms with Gasteiger partial charge in [0.05, 0.1) is 12.8 Å². The molecule has 1 aliphatic rings. The van der Waals surface area contributed by atoms with Crippen LogP contribution in [0.5, 0.6) is 0 Å². The van der Waals surface area contributed by atoms with E-state index in [4.69, 9.17) is 4.42 Å². The van der Waals surface area contributed by atoms with Crippen LogP contribution in [-0.2, 0) is 9.59 Å². The molecule has 1 saturated heterocycles. The zero-order valence-corrected chi connectivity index (χ0v) is 16.4. The fourth-order valence-corrected chi connectivity index (χ4v) is 3.23. The van der Waals surface area contributed by atoms with E-state index in [1.165, 1.54) is 6.26 Å². The highest BCUT2D eigenvalue weighted by atomic mass is 16.3. The first-order chi connectivity index (χ1) is 14.0. The monoisotopic (exact) mass is 398 g/mol. The van der Waals surface area contributed by atoms with Crippen LogP contribution in [-0.4, -0.2) is 54.3 Å². The lowest BCUT2D eigenvalue weighted by Gasteiger charge is -2.32. The van der Waals surface area contributed by atoms with E-state index in [1.807, 2.05) is 30.3 Å². The van der Waals surface area contributed by atoms with E-state index in [0.29, 0.717) is 6.54 Å². The van der Waals surface area contributed by atoms with Gasteiger partial charge in [-0.1, -0.05) is 18.2 Å². The average molecular weight is 398 g/mol. The lowest BCUT2D eigenvalue weighted by atomic mass is 10.0. The Labute approximate surface area is 169 Å². The van der Waals surface area contributed by atoms with Gasteiger partial charge < -0.3 is 20.4 Å². The summed E-state index contributed by atoms with van der Waals surface area (Å²) in [6.45, 7) is 3.41. The number of anilines is 1. The fraction of sp³-hybridized carbons (Fsp3) is 0.381. The molecule has 0 radical (unpaired) electrons. The molecule has 0 aliphatic carbocycles. The van der Waals surface area contributed by atoms with Gasteiger partial charge in [0, 0.05) is 24.8 Å². The zero-order chi connectivity index (χ0) is 20.6. The molecule has 154 valence electrons. The number of rotatable bonds is 7. The Kier molecular flexibility index (Phi) is 7.02. The van der Waals surface area contributed by atoms with E-state index in [1.54, 1.807) is 19.1 Å². The van der Waals surface area contributed by atoms with Gasteiger partial charge in [-0.05, 0) is 44.0 Å². The van der Waals surface area contributed by atoms with E-state index in [9.17, 15) is 14.4 Å². The summed E-state index contributed by atoms with van der Waals surface area (Å²) in [7, 11) is 0. The Morgan fingerprint density at radius 1 is 1.10 bits per heavy atom. The topological polar surface area (TPSA) is 104 Å². The lowest BCUT2D eigenvalue weighted by molar-refractivity contribution is -0.124. The van der Waals surface area contributed by atoms with Gasteiger partial charge in [-0.3, -0.25) is 19.3 Å². The first-order valence-electron chi connectivity index (χ1n) is 9.73. The van der Waals surface area contributed by atoms with Crippen molar-refractivity contribution in [3.8, 4) is 0 Å². The van der Waals surface area contributed by atoms with Crippen LogP contribution in [0.1, 0.15) is 30.3 Å². The number of benzene rings is 1. The predicted molar refractivity (Wildman–Crippen MR) is 108 cm³/mol. The molecule has 3 rings (SSSR count). The SMILES string of the molecule is CC(NC(=O)c1ccco1)C(=O)NC1CCN(CC(=O)Nc2ccccc2)CC1. The summed E-state index contributed by atoms with van der Waals surface area (Å²) in [5, 5.41) is 8.47. The molecule has 3 amide bonds. The number of nitrogens with zero attached hydrogens (tertiary/aromatic N) is 1. The molecular formula is C21H26N4O4. The van der Waals surface area contributed by atoms with E-state index >= 15 is 0 Å². The van der Waals surface area contributed by atoms with Crippen molar-refractivity contribution in [1.82, 2.24) is 15.5 Å². The highest BCUT2D eigenvalue weighted by Crippen LogP contribution is 2.11. The van der Waals surface area contributed by atoms with Crippen LogP contribution in [0.4, 0.5) is 5.69 Å². The number of hydrogen-bond acceptors (Lipinski definition) is 5. The molecule has 29 heavy (non-hydrogen) atoms. The number of piperidine rings is 1. The molecule has 0 bridgehead atoms. The summed E-state index contributed by atoms with van der Waals surface area (Å²) in [6, 6.07) is 11.9. The summed E-state index contributed by atoms with van der Waals surface area (Å²) < 4.78 is 5.02. The molecule has 1 unspecified atom stereocenters. The quantitative estimate of drug-likeness (QED) is 0.658. The minimum atomic E-state index is -0.665. The molecule has 8 heteroatoms. The molecule has 1 aromatic carbocycles. The van der Waals surface area contributed by atoms with Gasteiger partial charge in [0.25, 0.3) is 5.91 Å². The molecule has 1 atom stereocenters. The molecule has 1 aromatic heterocycles. The number of hydrogen-bond donors (Lipinski definition) is 3. The van der Waals surface area contributed by atoms with Crippen molar-refractivity contribution in [2.45, 2.75) is 31.8 Å². The number of carbonyl (C=O) groups is 3. The van der Waals surface area contributed by atoms with Crippen molar-refractivity contribution in [3.05, 3.63) is 54.5 Å². The van der Waals surface area contributed by atoms with Gasteiger partial charge in [-0.2, -0.15) is 0 Å². The smallest absolute Gasteiger partial charge is 0.287 e. The lowest BCUT2D eigenvalue weighted by Crippen LogP contribution is -2.51. The first-order valence-corrected chi connectivity index (χ1v) is 9.73. The Morgan fingerprint density at radius 2 is 1.83 bits per heavy atom. The third kappa shape index (κ3) is 6.18. The number of likely N-dealkylation sites (tertiary alicyclic amines) is 1. The third-order valence-corrected chi connectivity index (χ3v) is 4.84. The van der Waals surface area contributed by atoms with Crippen molar-refractivity contribution in [3.63, 3.8) is 0 Å². The molecule has 0 spiro atoms. The maximum atomic E-state index is 12.3. The number of amides is 3. The third-order valence-electron chi connectivity index (χ3n) is 4.84. The largest absolute Gasteiger partial charge is 0.459 e. The molecule has 0 saturated carbocycles. The van der Waals surface area contributed by atoms with Crippen LogP contribution in [0.25, 0.3) is 0 Å². The highest BCUT2D eigenvalue weighted by Gasteiger charge is 2.25. The van der Waals surface area contributed by atoms with Crippen LogP contribution in [0.2, 0.25) is 0 Å². The van der Waals surface area contributed by atoms with Gasteiger partial charge in [0.15, 0.2) is 5.76 Å². The molecule has 8 nitrogen and oxygen atoms in total. The summed E-state index contributed by atoms with van der Waals surface area (Å²) in [4.78, 5) is 38.5. The minimum absolute atomic E-state index is 0.0268. The Hall–Kier alpha value is -3.13. The Morgan fingerprint density at radius 3 is 2.48 bits per heavy atom. The molecular weight excluding hydrogens is 372 g/mol. The second-order valence-electron chi connectivity index (χ2n) is 7.15. The van der Waals surface area contributed by atoms with E-state index in [-0.39, 0.29) is 23.6 Å². The predicted octanol–water partition coefficient (Wildman–Crippen LogP) is 1.62. The highest BCUT2D eigenvalue weighted by molar-refractivity contribution is 5.95. The van der Waals surface area contributed by atoms with E-state index in [0.717, 1.165) is 31.6 Å². The van der Waals surface area contributed by atoms with Crippen LogP contribution < -0.4 is 16.0 Å². The first kappa shape index (κ1) is 20.6. The molecule has 1 fully saturated rings. The van der Waals surface area contributed by atoms with Gasteiger partial charge >= 0.3 is 0 Å². The van der Waals surface area contributed by atoms with Gasteiger partial charge in [-0.15, -0.1) is 0 Å². The second-order valence-corrected chi connectivity index (χ2v) is 7.15. The van der Waals surface area contributed by atoms with E-state index in [2.05, 4.69) is 20.9 Å². The van der Waals surface area contributed by atoms with Crippen molar-refractivity contribution in [2.24, 2.45) is 0 Å². The Bertz CT molecular complexity index is 814. The minimum Gasteiger partial charge on any atom is -0.459 e. The number of carbonyl (C=O) groups excluding carboxylic acids is 3. The summed E-state index contributed by atoms with van der Waals surface area (Å²) in [5.74, 6) is -0.526. The van der Waals surface area contributed by atoms with Crippen molar-refractivity contribution < 1.29 is 18.8 Å². The molecule has 2 aromatic rings. The maximum absolute atomic E-state index is 12.3.